The van der Waals surface area contributed by atoms with Crippen molar-refractivity contribution in [3.05, 3.63) is 56.4 Å². The minimum absolute atomic E-state index is 0.00266. The molecule has 3 nitrogen and oxygen atoms in total. The summed E-state index contributed by atoms with van der Waals surface area (Å²) in [5.41, 5.74) is 1.62. The number of fused-ring (bicyclic) bond motifs is 1. The van der Waals surface area contributed by atoms with Gasteiger partial charge in [-0.3, -0.25) is 9.36 Å². The highest BCUT2D eigenvalue weighted by atomic mass is 32.2. The van der Waals surface area contributed by atoms with Crippen LogP contribution >= 0.6 is 23.1 Å². The predicted octanol–water partition coefficient (Wildman–Crippen LogP) is 5.09. The summed E-state index contributed by atoms with van der Waals surface area (Å²) in [6.07, 6.45) is 0. The van der Waals surface area contributed by atoms with Gasteiger partial charge in [0.1, 0.15) is 10.6 Å². The maximum absolute atomic E-state index is 13.8. The molecule has 6 heteroatoms. The number of aryl methyl sites for hydroxylation is 2. The van der Waals surface area contributed by atoms with E-state index in [1.165, 1.54) is 17.8 Å². The SMILES string of the molecule is Cc1sc2nc(SCc3ccccc3F)n(C(C)C)c(=O)c2c1C. The van der Waals surface area contributed by atoms with Gasteiger partial charge in [-0.15, -0.1) is 11.3 Å². The monoisotopic (exact) mass is 362 g/mol. The van der Waals surface area contributed by atoms with Crippen molar-refractivity contribution in [2.75, 3.05) is 0 Å². The Morgan fingerprint density at radius 1 is 1.29 bits per heavy atom. The molecule has 2 aromatic heterocycles. The second kappa shape index (κ2) is 6.69. The molecule has 24 heavy (non-hydrogen) atoms. The topological polar surface area (TPSA) is 34.9 Å². The molecule has 0 saturated carbocycles. The molecule has 0 atom stereocenters. The summed E-state index contributed by atoms with van der Waals surface area (Å²) in [5, 5.41) is 1.36. The molecule has 0 aliphatic rings. The van der Waals surface area contributed by atoms with Crippen LogP contribution < -0.4 is 5.56 Å². The third kappa shape index (κ3) is 3.00. The lowest BCUT2D eigenvalue weighted by Crippen LogP contribution is -2.24. The first kappa shape index (κ1) is 17.2. The Morgan fingerprint density at radius 2 is 2.00 bits per heavy atom. The van der Waals surface area contributed by atoms with Crippen molar-refractivity contribution in [2.24, 2.45) is 0 Å². The molecule has 1 aromatic carbocycles. The second-order valence-electron chi connectivity index (χ2n) is 6.01. The molecular weight excluding hydrogens is 343 g/mol. The Bertz CT molecular complexity index is 960. The van der Waals surface area contributed by atoms with Crippen molar-refractivity contribution < 1.29 is 4.39 Å². The van der Waals surface area contributed by atoms with Crippen molar-refractivity contribution in [2.45, 2.75) is 44.6 Å². The highest BCUT2D eigenvalue weighted by Gasteiger charge is 2.18. The number of benzene rings is 1. The minimum atomic E-state index is -0.229. The van der Waals surface area contributed by atoms with E-state index in [0.29, 0.717) is 21.9 Å². The van der Waals surface area contributed by atoms with Crippen molar-refractivity contribution in [3.8, 4) is 0 Å². The molecule has 3 aromatic rings. The van der Waals surface area contributed by atoms with E-state index in [0.717, 1.165) is 15.3 Å². The van der Waals surface area contributed by atoms with Crippen molar-refractivity contribution in [3.63, 3.8) is 0 Å². The molecule has 0 aliphatic heterocycles. The van der Waals surface area contributed by atoms with Gasteiger partial charge in [-0.1, -0.05) is 30.0 Å². The number of thiophene rings is 1. The smallest absolute Gasteiger partial charge is 0.263 e. The number of hydrogen-bond acceptors (Lipinski definition) is 4. The molecule has 2 heterocycles. The zero-order valence-electron chi connectivity index (χ0n) is 14.1. The Hall–Kier alpha value is -1.66. The Balaban J connectivity index is 2.08. The molecule has 0 unspecified atom stereocenters. The Kier molecular flexibility index (Phi) is 4.78. The van der Waals surface area contributed by atoms with Gasteiger partial charge in [-0.2, -0.15) is 0 Å². The summed E-state index contributed by atoms with van der Waals surface area (Å²) in [5.74, 6) is 0.216. The largest absolute Gasteiger partial charge is 0.284 e. The summed E-state index contributed by atoms with van der Waals surface area (Å²) >= 11 is 2.95. The van der Waals surface area contributed by atoms with E-state index in [-0.39, 0.29) is 17.4 Å². The first-order chi connectivity index (χ1) is 11.4. The van der Waals surface area contributed by atoms with Gasteiger partial charge in [0.05, 0.1) is 5.39 Å². The lowest BCUT2D eigenvalue weighted by atomic mass is 10.2. The van der Waals surface area contributed by atoms with Gasteiger partial charge < -0.3 is 0 Å². The lowest BCUT2D eigenvalue weighted by Gasteiger charge is -2.15. The van der Waals surface area contributed by atoms with E-state index >= 15 is 0 Å². The van der Waals surface area contributed by atoms with E-state index in [1.807, 2.05) is 33.8 Å². The summed E-state index contributed by atoms with van der Waals surface area (Å²) in [4.78, 5) is 19.5. The van der Waals surface area contributed by atoms with Crippen LogP contribution in [0.5, 0.6) is 0 Å². The first-order valence-electron chi connectivity index (χ1n) is 7.78. The van der Waals surface area contributed by atoms with Crippen LogP contribution in [0.1, 0.15) is 35.9 Å². The number of aromatic nitrogens is 2. The number of rotatable bonds is 4. The highest BCUT2D eigenvalue weighted by molar-refractivity contribution is 7.98. The average Bonchev–Trinajstić information content (AvgIpc) is 2.81. The normalized spacial score (nSPS) is 11.6. The van der Waals surface area contributed by atoms with E-state index in [4.69, 9.17) is 4.98 Å². The van der Waals surface area contributed by atoms with Gasteiger partial charge >= 0.3 is 0 Å². The van der Waals surface area contributed by atoms with Gasteiger partial charge in [0, 0.05) is 16.7 Å². The molecular formula is C18H19FN2OS2. The van der Waals surface area contributed by atoms with Crippen LogP contribution in [-0.2, 0) is 5.75 Å². The number of nitrogens with zero attached hydrogens (tertiary/aromatic N) is 2. The van der Waals surface area contributed by atoms with Crippen LogP contribution in [0.25, 0.3) is 10.2 Å². The van der Waals surface area contributed by atoms with Gasteiger partial charge in [0.2, 0.25) is 0 Å². The van der Waals surface area contributed by atoms with E-state index in [1.54, 1.807) is 28.0 Å². The van der Waals surface area contributed by atoms with Crippen LogP contribution in [-0.4, -0.2) is 9.55 Å². The molecule has 0 spiro atoms. The van der Waals surface area contributed by atoms with Gasteiger partial charge in [0.15, 0.2) is 5.16 Å². The minimum Gasteiger partial charge on any atom is -0.284 e. The van der Waals surface area contributed by atoms with Crippen LogP contribution in [0.4, 0.5) is 4.39 Å². The molecule has 0 bridgehead atoms. The number of thioether (sulfide) groups is 1. The molecule has 0 radical (unpaired) electrons. The van der Waals surface area contributed by atoms with Gasteiger partial charge in [-0.25, -0.2) is 9.37 Å². The molecule has 126 valence electrons. The van der Waals surface area contributed by atoms with E-state index in [2.05, 4.69) is 0 Å². The summed E-state index contributed by atoms with van der Waals surface area (Å²) in [6, 6.07) is 6.70. The Labute approximate surface area is 148 Å². The molecule has 0 amide bonds. The fourth-order valence-electron chi connectivity index (χ4n) is 2.60. The zero-order valence-corrected chi connectivity index (χ0v) is 15.7. The quantitative estimate of drug-likeness (QED) is 0.479. The number of hydrogen-bond donors (Lipinski definition) is 0. The summed E-state index contributed by atoms with van der Waals surface area (Å²) in [7, 11) is 0. The molecule has 0 aliphatic carbocycles. The van der Waals surface area contributed by atoms with Crippen LogP contribution in [0, 0.1) is 19.7 Å². The predicted molar refractivity (Wildman–Crippen MR) is 99.7 cm³/mol. The fraction of sp³-hybridized carbons (Fsp3) is 0.333. The van der Waals surface area contributed by atoms with Gasteiger partial charge in [0.25, 0.3) is 5.56 Å². The average molecular weight is 362 g/mol. The maximum Gasteiger partial charge on any atom is 0.263 e. The van der Waals surface area contributed by atoms with Crippen molar-refractivity contribution in [1.29, 1.82) is 0 Å². The standard InChI is InChI=1S/C18H19FN2OS2/c1-10(2)21-17(22)15-11(3)12(4)24-16(15)20-18(21)23-9-13-7-5-6-8-14(13)19/h5-8,10H,9H2,1-4H3. The third-order valence-corrected chi connectivity index (χ3v) is 6.14. The maximum atomic E-state index is 13.8. The van der Waals surface area contributed by atoms with Crippen molar-refractivity contribution in [1.82, 2.24) is 9.55 Å². The summed E-state index contributed by atoms with van der Waals surface area (Å²) < 4.78 is 15.6. The zero-order chi connectivity index (χ0) is 17.4. The second-order valence-corrected chi connectivity index (χ2v) is 8.15. The van der Waals surface area contributed by atoms with E-state index < -0.39 is 0 Å². The molecule has 3 rings (SSSR count). The van der Waals surface area contributed by atoms with Crippen LogP contribution in [0.2, 0.25) is 0 Å². The summed E-state index contributed by atoms with van der Waals surface area (Å²) in [6.45, 7) is 7.91. The molecule has 0 fully saturated rings. The van der Waals surface area contributed by atoms with Crippen molar-refractivity contribution >= 4 is 33.3 Å². The van der Waals surface area contributed by atoms with Gasteiger partial charge in [-0.05, 0) is 44.9 Å². The fourth-order valence-corrected chi connectivity index (χ4v) is 4.79. The first-order valence-corrected chi connectivity index (χ1v) is 9.58. The van der Waals surface area contributed by atoms with Crippen LogP contribution in [0.3, 0.4) is 0 Å². The molecule has 0 saturated heterocycles. The third-order valence-electron chi connectivity index (χ3n) is 4.03. The highest BCUT2D eigenvalue weighted by Crippen LogP contribution is 2.30. The Morgan fingerprint density at radius 3 is 2.67 bits per heavy atom. The lowest BCUT2D eigenvalue weighted by molar-refractivity contribution is 0.519. The molecule has 0 N–H and O–H groups in total. The van der Waals surface area contributed by atoms with E-state index in [9.17, 15) is 9.18 Å². The van der Waals surface area contributed by atoms with Crippen LogP contribution in [0.15, 0.2) is 34.2 Å². The number of halogens is 1.